The topological polar surface area (TPSA) is 116 Å². The molecule has 0 unspecified atom stereocenters. The van der Waals surface area contributed by atoms with Crippen molar-refractivity contribution in [3.63, 3.8) is 0 Å². The second-order valence-corrected chi connectivity index (χ2v) is 8.33. The number of hydrogen-bond donors (Lipinski definition) is 0. The van der Waals surface area contributed by atoms with Crippen LogP contribution in [0.5, 0.6) is 5.75 Å². The van der Waals surface area contributed by atoms with Crippen molar-refractivity contribution in [2.24, 2.45) is 0 Å². The first-order valence-electron chi connectivity index (χ1n) is 11.2. The van der Waals surface area contributed by atoms with Crippen LogP contribution in [0, 0.1) is 11.3 Å². The Morgan fingerprint density at radius 1 is 0.974 bits per heavy atom. The van der Waals surface area contributed by atoms with Crippen LogP contribution in [-0.4, -0.2) is 42.7 Å². The highest BCUT2D eigenvalue weighted by Gasteiger charge is 2.28. The average Bonchev–Trinajstić information content (AvgIpc) is 3.58. The van der Waals surface area contributed by atoms with Gasteiger partial charge in [-0.05, 0) is 54.6 Å². The molecule has 0 saturated carbocycles. The number of benzene rings is 2. The van der Waals surface area contributed by atoms with E-state index in [9.17, 15) is 13.2 Å². The molecular formula is C26H15ClF3N7O2. The van der Waals surface area contributed by atoms with Crippen molar-refractivity contribution in [1.29, 1.82) is 5.26 Å². The van der Waals surface area contributed by atoms with Crippen molar-refractivity contribution in [2.45, 2.75) is 6.18 Å². The van der Waals surface area contributed by atoms with Crippen molar-refractivity contribution in [1.82, 2.24) is 29.9 Å². The van der Waals surface area contributed by atoms with E-state index in [1.807, 2.05) is 6.07 Å². The standard InChI is InChI=1S/C26H15ClF3N7O2/c27-19-3-1-2-4-21(19)37-22(11-12-23-34-36-25(39-23)17-7-5-16(13-31)6-8-17)33-35-24(37)20-10-9-18(14-32-20)38-15-26(28,29)30/h1-12,14H,15H2/b12-11+. The maximum atomic E-state index is 12.5. The zero-order valence-corrected chi connectivity index (χ0v) is 20.4. The molecule has 3 aromatic heterocycles. The summed E-state index contributed by atoms with van der Waals surface area (Å²) in [6.45, 7) is -1.43. The van der Waals surface area contributed by atoms with E-state index in [4.69, 9.17) is 26.0 Å². The molecule has 0 amide bonds. The lowest BCUT2D eigenvalue weighted by Crippen LogP contribution is -2.19. The van der Waals surface area contributed by atoms with Gasteiger partial charge in [0, 0.05) is 11.6 Å². The van der Waals surface area contributed by atoms with Crippen LogP contribution in [0.2, 0.25) is 5.02 Å². The van der Waals surface area contributed by atoms with E-state index in [0.29, 0.717) is 33.4 Å². The third-order valence-electron chi connectivity index (χ3n) is 5.23. The molecule has 0 bridgehead atoms. The molecular weight excluding hydrogens is 535 g/mol. The molecule has 39 heavy (non-hydrogen) atoms. The summed E-state index contributed by atoms with van der Waals surface area (Å²) < 4.78 is 49.5. The molecule has 0 saturated heterocycles. The highest BCUT2D eigenvalue weighted by Crippen LogP contribution is 2.29. The van der Waals surface area contributed by atoms with Crippen molar-refractivity contribution >= 4 is 23.8 Å². The molecule has 0 fully saturated rings. The lowest BCUT2D eigenvalue weighted by atomic mass is 10.1. The van der Waals surface area contributed by atoms with Gasteiger partial charge < -0.3 is 9.15 Å². The van der Waals surface area contributed by atoms with E-state index in [1.165, 1.54) is 18.3 Å². The second kappa shape index (κ2) is 10.8. The minimum absolute atomic E-state index is 0.0468. The van der Waals surface area contributed by atoms with Crippen LogP contribution in [-0.2, 0) is 0 Å². The van der Waals surface area contributed by atoms with Crippen LogP contribution in [0.25, 0.3) is 40.8 Å². The monoisotopic (exact) mass is 549 g/mol. The normalized spacial score (nSPS) is 11.6. The van der Waals surface area contributed by atoms with Gasteiger partial charge >= 0.3 is 6.18 Å². The molecule has 2 aromatic carbocycles. The summed E-state index contributed by atoms with van der Waals surface area (Å²) in [6, 6.07) is 18.6. The lowest BCUT2D eigenvalue weighted by molar-refractivity contribution is -0.153. The number of alkyl halides is 3. The highest BCUT2D eigenvalue weighted by molar-refractivity contribution is 6.32. The zero-order chi connectivity index (χ0) is 27.4. The van der Waals surface area contributed by atoms with Gasteiger partial charge in [0.25, 0.3) is 0 Å². The molecule has 0 aliphatic rings. The number of hydrogen-bond acceptors (Lipinski definition) is 8. The van der Waals surface area contributed by atoms with Crippen molar-refractivity contribution < 1.29 is 22.3 Å². The van der Waals surface area contributed by atoms with Gasteiger partial charge in [-0.2, -0.15) is 18.4 Å². The second-order valence-electron chi connectivity index (χ2n) is 7.92. The van der Waals surface area contributed by atoms with Crippen LogP contribution in [0.1, 0.15) is 17.3 Å². The molecule has 3 heterocycles. The molecule has 0 aliphatic heterocycles. The van der Waals surface area contributed by atoms with E-state index in [1.54, 1.807) is 65.3 Å². The van der Waals surface area contributed by atoms with Gasteiger partial charge in [-0.15, -0.1) is 20.4 Å². The summed E-state index contributed by atoms with van der Waals surface area (Å²) in [6.07, 6.45) is -0.157. The highest BCUT2D eigenvalue weighted by atomic mass is 35.5. The third-order valence-corrected chi connectivity index (χ3v) is 5.55. The van der Waals surface area contributed by atoms with Gasteiger partial charge in [0.05, 0.1) is 28.5 Å². The third kappa shape index (κ3) is 5.94. The molecule has 5 rings (SSSR count). The van der Waals surface area contributed by atoms with E-state index in [-0.39, 0.29) is 23.4 Å². The van der Waals surface area contributed by atoms with Gasteiger partial charge in [-0.3, -0.25) is 4.57 Å². The molecule has 9 nitrogen and oxygen atoms in total. The van der Waals surface area contributed by atoms with Crippen molar-refractivity contribution in [2.75, 3.05) is 6.61 Å². The Bertz CT molecular complexity index is 1670. The minimum Gasteiger partial charge on any atom is -0.483 e. The van der Waals surface area contributed by atoms with Gasteiger partial charge in [0.1, 0.15) is 11.4 Å². The number of pyridine rings is 1. The Hall–Kier alpha value is -5.02. The van der Waals surface area contributed by atoms with Gasteiger partial charge in [0.15, 0.2) is 18.3 Å². The first kappa shape index (κ1) is 25.6. The van der Waals surface area contributed by atoms with Crippen LogP contribution in [0.4, 0.5) is 13.2 Å². The number of nitriles is 1. The summed E-state index contributed by atoms with van der Waals surface area (Å²) in [7, 11) is 0. The zero-order valence-electron chi connectivity index (χ0n) is 19.7. The number of ether oxygens (including phenoxy) is 1. The molecule has 0 atom stereocenters. The summed E-state index contributed by atoms with van der Waals surface area (Å²) >= 11 is 6.46. The maximum Gasteiger partial charge on any atom is 0.422 e. The van der Waals surface area contributed by atoms with Crippen molar-refractivity contribution in [3.05, 3.63) is 89.2 Å². The Morgan fingerprint density at radius 3 is 2.46 bits per heavy atom. The van der Waals surface area contributed by atoms with Crippen LogP contribution < -0.4 is 4.74 Å². The predicted molar refractivity (Wildman–Crippen MR) is 135 cm³/mol. The fourth-order valence-electron chi connectivity index (χ4n) is 3.46. The molecule has 0 radical (unpaired) electrons. The minimum atomic E-state index is -4.47. The first-order chi connectivity index (χ1) is 18.8. The number of para-hydroxylation sites is 1. The van der Waals surface area contributed by atoms with Gasteiger partial charge in [-0.1, -0.05) is 23.7 Å². The smallest absolute Gasteiger partial charge is 0.422 e. The quantitative estimate of drug-likeness (QED) is 0.242. The summed E-state index contributed by atoms with van der Waals surface area (Å²) in [5, 5.41) is 25.9. The largest absolute Gasteiger partial charge is 0.483 e. The number of nitrogens with zero attached hydrogens (tertiary/aromatic N) is 7. The molecule has 5 aromatic rings. The summed E-state index contributed by atoms with van der Waals surface area (Å²) in [5.41, 5.74) is 2.02. The predicted octanol–water partition coefficient (Wildman–Crippen LogP) is 6.02. The fraction of sp³-hybridized carbons (Fsp3) is 0.0769. The summed E-state index contributed by atoms with van der Waals surface area (Å²) in [5.74, 6) is 1.04. The number of rotatable bonds is 7. The SMILES string of the molecule is N#Cc1ccc(-c2nnc(/C=C/c3nnc(-c4ccc(OCC(F)(F)F)cn4)n3-c3ccccc3Cl)o2)cc1. The van der Waals surface area contributed by atoms with Crippen molar-refractivity contribution in [3.8, 4) is 40.5 Å². The average molecular weight is 550 g/mol. The molecule has 0 aliphatic carbocycles. The first-order valence-corrected chi connectivity index (χ1v) is 11.6. The van der Waals surface area contributed by atoms with Crippen LogP contribution in [0.15, 0.2) is 71.3 Å². The van der Waals surface area contributed by atoms with E-state index in [0.717, 1.165) is 0 Å². The Morgan fingerprint density at radius 2 is 1.77 bits per heavy atom. The maximum absolute atomic E-state index is 12.5. The summed E-state index contributed by atoms with van der Waals surface area (Å²) in [4.78, 5) is 4.20. The Labute approximate surface area is 223 Å². The molecule has 194 valence electrons. The van der Waals surface area contributed by atoms with Gasteiger partial charge in [0.2, 0.25) is 11.8 Å². The number of halogens is 4. The van der Waals surface area contributed by atoms with E-state index >= 15 is 0 Å². The number of aromatic nitrogens is 6. The molecule has 0 spiro atoms. The van der Waals surface area contributed by atoms with Gasteiger partial charge in [-0.25, -0.2) is 4.98 Å². The van der Waals surface area contributed by atoms with Crippen LogP contribution in [0.3, 0.4) is 0 Å². The molecule has 13 heteroatoms. The Balaban J connectivity index is 1.46. The molecule has 0 N–H and O–H groups in total. The lowest BCUT2D eigenvalue weighted by Gasteiger charge is -2.11. The van der Waals surface area contributed by atoms with E-state index < -0.39 is 12.8 Å². The fourth-order valence-corrected chi connectivity index (χ4v) is 3.68. The Kier molecular flexibility index (Phi) is 7.07. The van der Waals surface area contributed by atoms with Crippen LogP contribution >= 0.6 is 11.6 Å². The van der Waals surface area contributed by atoms with E-state index in [2.05, 4.69) is 25.4 Å².